The molecular weight excluding hydrogens is 365 g/mol. The van der Waals surface area contributed by atoms with Gasteiger partial charge in [-0.3, -0.25) is 4.57 Å². The van der Waals surface area contributed by atoms with Crippen LogP contribution in [0.3, 0.4) is 0 Å². The molecule has 4 aromatic rings. The number of fused-ring (bicyclic) bond motifs is 3. The second-order valence-electron chi connectivity index (χ2n) is 7.92. The molecule has 144 valence electrons. The molecule has 0 atom stereocenters. The van der Waals surface area contributed by atoms with Gasteiger partial charge in [-0.15, -0.1) is 0 Å². The van der Waals surface area contributed by atoms with Gasteiger partial charge in [0, 0.05) is 23.0 Å². The molecule has 6 heteroatoms. The van der Waals surface area contributed by atoms with Crippen LogP contribution in [0.1, 0.15) is 31.9 Å². The third-order valence-corrected chi connectivity index (χ3v) is 4.92. The molecule has 0 radical (unpaired) electrons. The first-order chi connectivity index (χ1) is 13.1. The Morgan fingerprint density at radius 2 is 1.57 bits per heavy atom. The van der Waals surface area contributed by atoms with E-state index in [1.54, 1.807) is 22.9 Å². The van der Waals surface area contributed by atoms with Crippen LogP contribution in [0, 0.1) is 0 Å². The van der Waals surface area contributed by atoms with Crippen LogP contribution in [0.5, 0.6) is 5.75 Å². The number of alkyl halides is 3. The van der Waals surface area contributed by atoms with Gasteiger partial charge in [0.25, 0.3) is 0 Å². The lowest BCUT2D eigenvalue weighted by molar-refractivity contribution is -0.137. The van der Waals surface area contributed by atoms with E-state index >= 15 is 0 Å². The quantitative estimate of drug-likeness (QED) is 0.424. The SMILES string of the molecule is CC(C)(C)c1ccnc(-n2c3ccc(C(F)(F)F)cc3c3ccc(O)cc32)c1. The van der Waals surface area contributed by atoms with E-state index in [1.165, 1.54) is 12.1 Å². The summed E-state index contributed by atoms with van der Waals surface area (Å²) in [5, 5.41) is 11.1. The van der Waals surface area contributed by atoms with E-state index in [0.29, 0.717) is 27.6 Å². The summed E-state index contributed by atoms with van der Waals surface area (Å²) in [5.41, 5.74) is 1.45. The van der Waals surface area contributed by atoms with Crippen LogP contribution in [0.15, 0.2) is 54.7 Å². The predicted octanol–water partition coefficient (Wildman–Crippen LogP) is 6.20. The molecule has 0 bridgehead atoms. The molecule has 0 unspecified atom stereocenters. The molecule has 0 aliphatic heterocycles. The smallest absolute Gasteiger partial charge is 0.416 e. The first-order valence-corrected chi connectivity index (χ1v) is 8.87. The third-order valence-electron chi connectivity index (χ3n) is 4.92. The van der Waals surface area contributed by atoms with Crippen LogP contribution >= 0.6 is 0 Å². The lowest BCUT2D eigenvalue weighted by Crippen LogP contribution is -2.12. The minimum atomic E-state index is -4.43. The van der Waals surface area contributed by atoms with Crippen molar-refractivity contribution >= 4 is 21.8 Å². The molecule has 0 aliphatic carbocycles. The van der Waals surface area contributed by atoms with Gasteiger partial charge in [0.05, 0.1) is 16.6 Å². The second kappa shape index (κ2) is 5.99. The average molecular weight is 384 g/mol. The van der Waals surface area contributed by atoms with Gasteiger partial charge in [0.15, 0.2) is 0 Å². The zero-order chi connectivity index (χ0) is 20.3. The highest BCUT2D eigenvalue weighted by Gasteiger charge is 2.31. The van der Waals surface area contributed by atoms with Crippen molar-refractivity contribution in [2.45, 2.75) is 32.4 Å². The van der Waals surface area contributed by atoms with Crippen molar-refractivity contribution in [2.75, 3.05) is 0 Å². The molecule has 0 spiro atoms. The molecule has 3 nitrogen and oxygen atoms in total. The van der Waals surface area contributed by atoms with E-state index in [-0.39, 0.29) is 11.2 Å². The molecule has 0 aliphatic rings. The fourth-order valence-electron chi connectivity index (χ4n) is 3.44. The lowest BCUT2D eigenvalue weighted by Gasteiger charge is -2.20. The maximum absolute atomic E-state index is 13.2. The van der Waals surface area contributed by atoms with Gasteiger partial charge in [-0.1, -0.05) is 20.8 Å². The Hall–Kier alpha value is -3.02. The molecule has 2 heterocycles. The molecular formula is C22H19F3N2O. The number of aromatic nitrogens is 2. The van der Waals surface area contributed by atoms with Crippen LogP contribution in [0.25, 0.3) is 27.6 Å². The summed E-state index contributed by atoms with van der Waals surface area (Å²) in [7, 11) is 0. The maximum Gasteiger partial charge on any atom is 0.416 e. The standard InChI is InChI=1S/C22H19F3N2O/c1-21(2,3)13-8-9-26-20(11-13)27-18-7-4-14(22(23,24)25)10-17(18)16-6-5-15(28)12-19(16)27/h4-12,28H,1-3H3. The second-order valence-corrected chi connectivity index (χ2v) is 7.92. The summed E-state index contributed by atoms with van der Waals surface area (Å²) in [6, 6.07) is 12.2. The third kappa shape index (κ3) is 2.99. The normalized spacial score (nSPS) is 12.8. The van der Waals surface area contributed by atoms with Crippen molar-refractivity contribution < 1.29 is 18.3 Å². The number of phenolic OH excluding ortho intramolecular Hbond substituents is 1. The number of pyridine rings is 1. The van der Waals surface area contributed by atoms with E-state index < -0.39 is 11.7 Å². The van der Waals surface area contributed by atoms with Gasteiger partial charge in [0.2, 0.25) is 0 Å². The minimum Gasteiger partial charge on any atom is -0.508 e. The first kappa shape index (κ1) is 18.3. The van der Waals surface area contributed by atoms with Crippen molar-refractivity contribution in [3.05, 3.63) is 65.9 Å². The van der Waals surface area contributed by atoms with Gasteiger partial charge in [-0.25, -0.2) is 4.98 Å². The van der Waals surface area contributed by atoms with Crippen LogP contribution in [0.2, 0.25) is 0 Å². The minimum absolute atomic E-state index is 0.0413. The number of hydrogen-bond acceptors (Lipinski definition) is 2. The maximum atomic E-state index is 13.2. The Labute approximate surface area is 160 Å². The van der Waals surface area contributed by atoms with Gasteiger partial charge in [-0.05, 0) is 53.4 Å². The van der Waals surface area contributed by atoms with E-state index in [1.807, 2.05) is 12.1 Å². The number of halogens is 3. The largest absolute Gasteiger partial charge is 0.508 e. The van der Waals surface area contributed by atoms with E-state index in [4.69, 9.17) is 0 Å². The highest BCUT2D eigenvalue weighted by Crippen LogP contribution is 2.38. The fraction of sp³-hybridized carbons (Fsp3) is 0.227. The number of rotatable bonds is 1. The van der Waals surface area contributed by atoms with Crippen molar-refractivity contribution in [2.24, 2.45) is 0 Å². The Kier molecular flexibility index (Phi) is 3.93. The summed E-state index contributed by atoms with van der Waals surface area (Å²) < 4.78 is 41.5. The molecule has 28 heavy (non-hydrogen) atoms. The van der Waals surface area contributed by atoms with Gasteiger partial charge in [0.1, 0.15) is 11.6 Å². The molecule has 2 aromatic heterocycles. The monoisotopic (exact) mass is 384 g/mol. The number of nitrogens with zero attached hydrogens (tertiary/aromatic N) is 2. The summed E-state index contributed by atoms with van der Waals surface area (Å²) in [5.74, 6) is 0.636. The Bertz CT molecular complexity index is 1200. The Morgan fingerprint density at radius 1 is 0.821 bits per heavy atom. The van der Waals surface area contributed by atoms with Crippen molar-refractivity contribution in [3.8, 4) is 11.6 Å². The Morgan fingerprint density at radius 3 is 2.25 bits per heavy atom. The number of phenols is 1. The van der Waals surface area contributed by atoms with Gasteiger partial charge >= 0.3 is 6.18 Å². The highest BCUT2D eigenvalue weighted by molar-refractivity contribution is 6.09. The van der Waals surface area contributed by atoms with E-state index in [0.717, 1.165) is 17.7 Å². The topological polar surface area (TPSA) is 38.0 Å². The first-order valence-electron chi connectivity index (χ1n) is 8.87. The summed E-state index contributed by atoms with van der Waals surface area (Å²) in [6.45, 7) is 6.25. The fourth-order valence-corrected chi connectivity index (χ4v) is 3.44. The molecule has 0 amide bonds. The molecule has 2 aromatic carbocycles. The lowest BCUT2D eigenvalue weighted by atomic mass is 9.88. The molecule has 0 saturated carbocycles. The number of aromatic hydroxyl groups is 1. The molecule has 0 fully saturated rings. The van der Waals surface area contributed by atoms with E-state index in [9.17, 15) is 18.3 Å². The van der Waals surface area contributed by atoms with Crippen LogP contribution < -0.4 is 0 Å². The van der Waals surface area contributed by atoms with Crippen LogP contribution in [-0.4, -0.2) is 14.7 Å². The summed E-state index contributed by atoms with van der Waals surface area (Å²) in [4.78, 5) is 4.46. The van der Waals surface area contributed by atoms with Crippen molar-refractivity contribution in [3.63, 3.8) is 0 Å². The Balaban J connectivity index is 2.09. The highest BCUT2D eigenvalue weighted by atomic mass is 19.4. The van der Waals surface area contributed by atoms with Crippen molar-refractivity contribution in [1.29, 1.82) is 0 Å². The van der Waals surface area contributed by atoms with E-state index in [2.05, 4.69) is 25.8 Å². The van der Waals surface area contributed by atoms with Gasteiger partial charge in [-0.2, -0.15) is 13.2 Å². The van der Waals surface area contributed by atoms with Crippen LogP contribution in [0.4, 0.5) is 13.2 Å². The zero-order valence-electron chi connectivity index (χ0n) is 15.7. The molecule has 1 N–H and O–H groups in total. The predicted molar refractivity (Wildman–Crippen MR) is 104 cm³/mol. The average Bonchev–Trinajstić information content (AvgIpc) is 2.93. The number of hydrogen-bond donors (Lipinski definition) is 1. The summed E-state index contributed by atoms with van der Waals surface area (Å²) in [6.07, 6.45) is -2.73. The zero-order valence-corrected chi connectivity index (χ0v) is 15.7. The van der Waals surface area contributed by atoms with Crippen molar-refractivity contribution in [1.82, 2.24) is 9.55 Å². The molecule has 0 saturated heterocycles. The number of benzene rings is 2. The molecule has 4 rings (SSSR count). The summed E-state index contributed by atoms with van der Waals surface area (Å²) >= 11 is 0. The van der Waals surface area contributed by atoms with Gasteiger partial charge < -0.3 is 5.11 Å². The van der Waals surface area contributed by atoms with Crippen LogP contribution in [-0.2, 0) is 11.6 Å².